The van der Waals surface area contributed by atoms with E-state index in [9.17, 15) is 27.9 Å². The molecule has 0 radical (unpaired) electrons. The lowest BCUT2D eigenvalue weighted by atomic mass is 10.1. The molecule has 1 atom stereocenters. The lowest BCUT2D eigenvalue weighted by molar-refractivity contribution is -0.175. The number of carbonyl (C=O) groups is 2. The largest absolute Gasteiger partial charge is 0.460 e. The van der Waals surface area contributed by atoms with Crippen molar-refractivity contribution in [2.24, 2.45) is 0 Å². The van der Waals surface area contributed by atoms with Crippen molar-refractivity contribution >= 4 is 17.6 Å². The van der Waals surface area contributed by atoms with Crippen molar-refractivity contribution in [3.63, 3.8) is 0 Å². The van der Waals surface area contributed by atoms with Gasteiger partial charge in [-0.25, -0.2) is 9.78 Å². The molecule has 0 bridgehead atoms. The minimum absolute atomic E-state index is 0.364. The average Bonchev–Trinajstić information content (AvgIpc) is 2.61. The number of esters is 1. The monoisotopic (exact) mass is 387 g/mol. The van der Waals surface area contributed by atoms with E-state index < -0.39 is 46.7 Å². The number of aliphatic hydroxyl groups is 1. The maximum atomic E-state index is 12.9. The molecule has 2 heterocycles. The highest BCUT2D eigenvalue weighted by molar-refractivity contribution is 6.11. The molecule has 1 aromatic heterocycles. The fourth-order valence-corrected chi connectivity index (χ4v) is 2.24. The summed E-state index contributed by atoms with van der Waals surface area (Å²) in [7, 11) is 0. The second-order valence-corrected chi connectivity index (χ2v) is 5.97. The van der Waals surface area contributed by atoms with Crippen LogP contribution in [0, 0.1) is 11.3 Å². The number of halogens is 3. The van der Waals surface area contributed by atoms with Gasteiger partial charge in [0, 0.05) is 12.8 Å². The van der Waals surface area contributed by atoms with Gasteiger partial charge in [0.25, 0.3) is 5.91 Å². The smallest absolute Gasteiger partial charge is 0.419 e. The lowest BCUT2D eigenvalue weighted by Crippen LogP contribution is -2.49. The Bertz CT molecular complexity index is 768. The molecular weight excluding hydrogens is 371 g/mol. The Kier molecular flexibility index (Phi) is 6.02. The van der Waals surface area contributed by atoms with Crippen molar-refractivity contribution in [1.82, 2.24) is 4.98 Å². The second kappa shape index (κ2) is 7.89. The number of hydrogen-bond donors (Lipinski definition) is 2. The first-order chi connectivity index (χ1) is 12.6. The van der Waals surface area contributed by atoms with Gasteiger partial charge in [-0.15, -0.1) is 0 Å². The number of rotatable bonds is 4. The molecule has 1 amide bonds. The van der Waals surface area contributed by atoms with Crippen LogP contribution in [0.4, 0.5) is 18.9 Å². The van der Waals surface area contributed by atoms with Crippen LogP contribution in [0.2, 0.25) is 0 Å². The fraction of sp³-hybridized carbons (Fsp3) is 0.500. The Hall–Kier alpha value is -2.71. The summed E-state index contributed by atoms with van der Waals surface area (Å²) >= 11 is 0. The van der Waals surface area contributed by atoms with Crippen molar-refractivity contribution in [2.75, 3.05) is 18.5 Å². The van der Waals surface area contributed by atoms with Gasteiger partial charge < -0.3 is 19.9 Å². The van der Waals surface area contributed by atoms with Crippen LogP contribution in [-0.2, 0) is 25.2 Å². The number of aromatic nitrogens is 1. The van der Waals surface area contributed by atoms with Crippen LogP contribution in [0.5, 0.6) is 0 Å². The quantitative estimate of drug-likeness (QED) is 0.591. The topological polar surface area (TPSA) is 122 Å². The molecule has 1 aliphatic heterocycles. The molecule has 2 rings (SSSR count). The molecular formula is C16H16F3N3O5. The number of nitrogens with one attached hydrogen (secondary N) is 1. The van der Waals surface area contributed by atoms with Gasteiger partial charge in [-0.05, 0) is 13.0 Å². The number of nitrogens with zero attached hydrogens (tertiary/aromatic N) is 2. The Balaban J connectivity index is 2.13. The molecule has 0 saturated carbocycles. The number of pyridine rings is 1. The summed E-state index contributed by atoms with van der Waals surface area (Å²) in [5, 5.41) is 20.8. The molecule has 11 heteroatoms. The van der Waals surface area contributed by atoms with Gasteiger partial charge in [0.1, 0.15) is 12.2 Å². The maximum absolute atomic E-state index is 12.9. The Morgan fingerprint density at radius 3 is 2.59 bits per heavy atom. The normalized spacial score (nSPS) is 17.5. The molecule has 1 fully saturated rings. The van der Waals surface area contributed by atoms with E-state index in [1.165, 1.54) is 6.07 Å². The van der Waals surface area contributed by atoms with Crippen LogP contribution in [-0.4, -0.2) is 46.9 Å². The molecule has 27 heavy (non-hydrogen) atoms. The van der Waals surface area contributed by atoms with Gasteiger partial charge in [0.05, 0.1) is 30.7 Å². The van der Waals surface area contributed by atoms with Crippen LogP contribution in [0.3, 0.4) is 0 Å². The van der Waals surface area contributed by atoms with Crippen molar-refractivity contribution in [2.45, 2.75) is 37.6 Å². The predicted octanol–water partition coefficient (Wildman–Crippen LogP) is 1.38. The molecule has 0 aliphatic carbocycles. The van der Waals surface area contributed by atoms with E-state index in [1.807, 2.05) is 5.32 Å². The summed E-state index contributed by atoms with van der Waals surface area (Å²) in [4.78, 5) is 27.6. The summed E-state index contributed by atoms with van der Waals surface area (Å²) < 4.78 is 49.0. The molecule has 146 valence electrons. The van der Waals surface area contributed by atoms with Crippen LogP contribution in [0.25, 0.3) is 0 Å². The highest BCUT2D eigenvalue weighted by Gasteiger charge is 2.42. The van der Waals surface area contributed by atoms with Gasteiger partial charge >= 0.3 is 12.1 Å². The van der Waals surface area contributed by atoms with Crippen LogP contribution in [0.15, 0.2) is 12.3 Å². The SMILES string of the molecule is CC(O)(C(=O)Nc1cnc(C#N)c(C(F)(F)F)c1)C(=O)OC1CCOCC1. The third-order valence-corrected chi connectivity index (χ3v) is 3.84. The van der Waals surface area contributed by atoms with E-state index in [-0.39, 0.29) is 0 Å². The first-order valence-electron chi connectivity index (χ1n) is 7.85. The summed E-state index contributed by atoms with van der Waals surface area (Å²) in [6.45, 7) is 1.60. The highest BCUT2D eigenvalue weighted by atomic mass is 19.4. The van der Waals surface area contributed by atoms with Crippen molar-refractivity contribution < 1.29 is 37.3 Å². The molecule has 1 aliphatic rings. The zero-order chi connectivity index (χ0) is 20.2. The van der Waals surface area contributed by atoms with Crippen LogP contribution < -0.4 is 5.32 Å². The van der Waals surface area contributed by atoms with Gasteiger partial charge in [0.15, 0.2) is 5.69 Å². The average molecular weight is 387 g/mol. The standard InChI is InChI=1S/C16H16F3N3O5/c1-15(25,14(24)27-10-2-4-26-5-3-10)13(23)22-9-6-11(16(17,18)19)12(7-20)21-8-9/h6,8,10,25H,2-5H2,1H3,(H,22,23). The molecule has 0 spiro atoms. The van der Waals surface area contributed by atoms with Crippen molar-refractivity contribution in [3.05, 3.63) is 23.5 Å². The molecule has 2 N–H and O–H groups in total. The summed E-state index contributed by atoms with van der Waals surface area (Å²) in [5.41, 5.74) is -5.30. The zero-order valence-corrected chi connectivity index (χ0v) is 14.2. The fourth-order valence-electron chi connectivity index (χ4n) is 2.24. The molecule has 1 saturated heterocycles. The van der Waals surface area contributed by atoms with Gasteiger partial charge in [0.2, 0.25) is 5.60 Å². The van der Waals surface area contributed by atoms with Gasteiger partial charge in [-0.3, -0.25) is 4.79 Å². The highest BCUT2D eigenvalue weighted by Crippen LogP contribution is 2.32. The number of ether oxygens (including phenoxy) is 2. The molecule has 0 aromatic carbocycles. The van der Waals surface area contributed by atoms with Gasteiger partial charge in [-0.1, -0.05) is 0 Å². The third kappa shape index (κ3) is 4.93. The summed E-state index contributed by atoms with van der Waals surface area (Å²) in [6.07, 6.45) is -3.79. The van der Waals surface area contributed by atoms with E-state index in [4.69, 9.17) is 14.7 Å². The minimum atomic E-state index is -4.87. The second-order valence-electron chi connectivity index (χ2n) is 5.97. The Labute approximate surface area is 151 Å². The predicted molar refractivity (Wildman–Crippen MR) is 83.1 cm³/mol. The number of nitriles is 1. The van der Waals surface area contributed by atoms with Gasteiger partial charge in [-0.2, -0.15) is 18.4 Å². The third-order valence-electron chi connectivity index (χ3n) is 3.84. The number of amides is 1. The molecule has 8 nitrogen and oxygen atoms in total. The number of alkyl halides is 3. The van der Waals surface area contributed by atoms with E-state index in [0.717, 1.165) is 13.1 Å². The van der Waals surface area contributed by atoms with Crippen molar-refractivity contribution in [1.29, 1.82) is 5.26 Å². The molecule has 1 aromatic rings. The van der Waals surface area contributed by atoms with E-state index >= 15 is 0 Å². The first kappa shape index (κ1) is 20.6. The Morgan fingerprint density at radius 2 is 2.04 bits per heavy atom. The summed E-state index contributed by atoms with van der Waals surface area (Å²) in [6, 6.07) is 1.79. The minimum Gasteiger partial charge on any atom is -0.460 e. The Morgan fingerprint density at radius 1 is 1.41 bits per heavy atom. The van der Waals surface area contributed by atoms with E-state index in [0.29, 0.717) is 32.1 Å². The van der Waals surface area contributed by atoms with Crippen LogP contribution >= 0.6 is 0 Å². The summed E-state index contributed by atoms with van der Waals surface area (Å²) in [5.74, 6) is -2.52. The lowest BCUT2D eigenvalue weighted by Gasteiger charge is -2.26. The van der Waals surface area contributed by atoms with E-state index in [1.54, 1.807) is 0 Å². The number of hydrogen-bond acceptors (Lipinski definition) is 7. The number of carbonyl (C=O) groups excluding carboxylic acids is 2. The zero-order valence-electron chi connectivity index (χ0n) is 14.2. The first-order valence-corrected chi connectivity index (χ1v) is 7.85. The molecule has 1 unspecified atom stereocenters. The van der Waals surface area contributed by atoms with E-state index in [2.05, 4.69) is 4.98 Å². The van der Waals surface area contributed by atoms with Crippen molar-refractivity contribution in [3.8, 4) is 6.07 Å². The van der Waals surface area contributed by atoms with Crippen LogP contribution in [0.1, 0.15) is 31.0 Å². The maximum Gasteiger partial charge on any atom is 0.419 e. The number of anilines is 1.